The zero-order valence-electron chi connectivity index (χ0n) is 18.1. The van der Waals surface area contributed by atoms with Gasteiger partial charge in [0.15, 0.2) is 5.96 Å². The molecule has 1 saturated carbocycles. The maximum absolute atomic E-state index is 4.63. The molecule has 6 heteroatoms. The van der Waals surface area contributed by atoms with Gasteiger partial charge in [0.2, 0.25) is 0 Å². The van der Waals surface area contributed by atoms with Gasteiger partial charge in [0, 0.05) is 58.1 Å². The van der Waals surface area contributed by atoms with Crippen molar-refractivity contribution in [2.75, 3.05) is 38.1 Å². The van der Waals surface area contributed by atoms with Gasteiger partial charge < -0.3 is 15.5 Å². The highest BCUT2D eigenvalue weighted by molar-refractivity contribution is 5.80. The molecule has 1 unspecified atom stereocenters. The molecule has 1 atom stereocenters. The molecule has 0 radical (unpaired) electrons. The molecule has 1 aromatic heterocycles. The van der Waals surface area contributed by atoms with Crippen molar-refractivity contribution >= 4 is 11.8 Å². The fourth-order valence-corrected chi connectivity index (χ4v) is 5.12. The molecule has 2 N–H and O–H groups in total. The van der Waals surface area contributed by atoms with E-state index in [-0.39, 0.29) is 0 Å². The van der Waals surface area contributed by atoms with E-state index in [9.17, 15) is 0 Å². The Balaban J connectivity index is 1.27. The van der Waals surface area contributed by atoms with Crippen LogP contribution in [0.25, 0.3) is 0 Å². The average molecular weight is 399 g/mol. The smallest absolute Gasteiger partial charge is 0.191 e. The summed E-state index contributed by atoms with van der Waals surface area (Å²) in [6, 6.07) is 5.68. The number of aromatic nitrogens is 1. The quantitative estimate of drug-likeness (QED) is 0.589. The van der Waals surface area contributed by atoms with E-state index in [1.165, 1.54) is 69.9 Å². The van der Waals surface area contributed by atoms with Crippen LogP contribution in [0.5, 0.6) is 0 Å². The number of nitrogens with zero attached hydrogens (tertiary/aromatic N) is 4. The first kappa shape index (κ1) is 20.5. The normalized spacial score (nSPS) is 24.7. The highest BCUT2D eigenvalue weighted by Gasteiger charge is 2.30. The van der Waals surface area contributed by atoms with E-state index >= 15 is 0 Å². The van der Waals surface area contributed by atoms with E-state index in [1.807, 2.05) is 13.2 Å². The molecule has 1 aromatic rings. The van der Waals surface area contributed by atoms with Gasteiger partial charge in [-0.25, -0.2) is 4.98 Å². The molecular formula is C23H38N6. The SMILES string of the molecule is CN=C(NCc1ccnc(N2CCCCCC2)c1)NC1CCN(C2CCCC2)C1. The van der Waals surface area contributed by atoms with Crippen molar-refractivity contribution in [1.29, 1.82) is 0 Å². The van der Waals surface area contributed by atoms with Crippen LogP contribution in [0.15, 0.2) is 23.3 Å². The summed E-state index contributed by atoms with van der Waals surface area (Å²) in [6.45, 7) is 5.42. The lowest BCUT2D eigenvalue weighted by molar-refractivity contribution is 0.242. The Labute approximate surface area is 176 Å². The van der Waals surface area contributed by atoms with Crippen LogP contribution >= 0.6 is 0 Å². The predicted molar refractivity (Wildman–Crippen MR) is 120 cm³/mol. The van der Waals surface area contributed by atoms with Crippen LogP contribution in [-0.4, -0.2) is 61.2 Å². The molecule has 0 bridgehead atoms. The summed E-state index contributed by atoms with van der Waals surface area (Å²) in [6.07, 6.45) is 14.0. The molecule has 0 aromatic carbocycles. The van der Waals surface area contributed by atoms with Crippen LogP contribution in [0.2, 0.25) is 0 Å². The topological polar surface area (TPSA) is 55.8 Å². The van der Waals surface area contributed by atoms with Gasteiger partial charge in [0.1, 0.15) is 5.82 Å². The zero-order valence-corrected chi connectivity index (χ0v) is 18.1. The van der Waals surface area contributed by atoms with Gasteiger partial charge in [-0.15, -0.1) is 0 Å². The second-order valence-corrected chi connectivity index (χ2v) is 8.91. The Morgan fingerprint density at radius 2 is 1.86 bits per heavy atom. The summed E-state index contributed by atoms with van der Waals surface area (Å²) in [5.41, 5.74) is 1.27. The Hall–Kier alpha value is -1.82. The molecule has 0 amide bonds. The first-order valence-corrected chi connectivity index (χ1v) is 11.7. The summed E-state index contributed by atoms with van der Waals surface area (Å²) in [4.78, 5) is 14.2. The molecule has 3 heterocycles. The molecule has 0 spiro atoms. The van der Waals surface area contributed by atoms with Crippen LogP contribution < -0.4 is 15.5 Å². The van der Waals surface area contributed by atoms with Gasteiger partial charge in [-0.3, -0.25) is 9.89 Å². The first-order valence-electron chi connectivity index (χ1n) is 11.7. The summed E-state index contributed by atoms with van der Waals surface area (Å²) in [5, 5.41) is 7.16. The van der Waals surface area contributed by atoms with Gasteiger partial charge in [-0.1, -0.05) is 25.7 Å². The van der Waals surface area contributed by atoms with Crippen molar-refractivity contribution in [3.63, 3.8) is 0 Å². The van der Waals surface area contributed by atoms with E-state index in [1.54, 1.807) is 0 Å². The first-order chi connectivity index (χ1) is 14.3. The van der Waals surface area contributed by atoms with E-state index in [0.29, 0.717) is 6.04 Å². The molecule has 3 aliphatic rings. The van der Waals surface area contributed by atoms with E-state index in [2.05, 4.69) is 42.5 Å². The van der Waals surface area contributed by atoms with Crippen molar-refractivity contribution in [3.8, 4) is 0 Å². The summed E-state index contributed by atoms with van der Waals surface area (Å²) in [7, 11) is 1.87. The van der Waals surface area contributed by atoms with Gasteiger partial charge in [0.25, 0.3) is 0 Å². The predicted octanol–water partition coefficient (Wildman–Crippen LogP) is 3.14. The lowest BCUT2D eigenvalue weighted by Gasteiger charge is -2.24. The number of likely N-dealkylation sites (tertiary alicyclic amines) is 1. The van der Waals surface area contributed by atoms with Crippen molar-refractivity contribution in [2.45, 2.75) is 76.4 Å². The molecule has 2 saturated heterocycles. The van der Waals surface area contributed by atoms with Crippen LogP contribution in [0.3, 0.4) is 0 Å². The van der Waals surface area contributed by atoms with Crippen molar-refractivity contribution < 1.29 is 0 Å². The largest absolute Gasteiger partial charge is 0.357 e. The molecular weight excluding hydrogens is 360 g/mol. The minimum Gasteiger partial charge on any atom is -0.357 e. The third-order valence-corrected chi connectivity index (χ3v) is 6.83. The lowest BCUT2D eigenvalue weighted by Crippen LogP contribution is -2.45. The van der Waals surface area contributed by atoms with Gasteiger partial charge >= 0.3 is 0 Å². The average Bonchev–Trinajstić information content (AvgIpc) is 3.37. The molecule has 2 aliphatic heterocycles. The molecule has 3 fully saturated rings. The summed E-state index contributed by atoms with van der Waals surface area (Å²) in [5.74, 6) is 2.04. The highest BCUT2D eigenvalue weighted by atomic mass is 15.3. The minimum atomic E-state index is 0.506. The van der Waals surface area contributed by atoms with Crippen LogP contribution in [0.1, 0.15) is 63.4 Å². The van der Waals surface area contributed by atoms with Crippen LogP contribution in [0, 0.1) is 0 Å². The van der Waals surface area contributed by atoms with Gasteiger partial charge in [-0.2, -0.15) is 0 Å². The van der Waals surface area contributed by atoms with E-state index in [4.69, 9.17) is 0 Å². The summed E-state index contributed by atoms with van der Waals surface area (Å²) < 4.78 is 0. The summed E-state index contributed by atoms with van der Waals surface area (Å²) >= 11 is 0. The standard InChI is InChI=1S/C23H38N6/c1-24-23(27-20-11-15-29(18-20)21-8-4-5-9-21)26-17-19-10-12-25-22(16-19)28-13-6-2-3-7-14-28/h10,12,16,20-21H,2-9,11,13-15,17-18H2,1H3,(H2,24,26,27). The van der Waals surface area contributed by atoms with E-state index in [0.717, 1.165) is 44.0 Å². The zero-order chi connectivity index (χ0) is 19.9. The van der Waals surface area contributed by atoms with E-state index < -0.39 is 0 Å². The lowest BCUT2D eigenvalue weighted by atomic mass is 10.2. The molecule has 29 heavy (non-hydrogen) atoms. The number of aliphatic imine (C=N–C) groups is 1. The van der Waals surface area contributed by atoms with Crippen molar-refractivity contribution in [3.05, 3.63) is 23.9 Å². The highest BCUT2D eigenvalue weighted by Crippen LogP contribution is 2.26. The number of anilines is 1. The second kappa shape index (κ2) is 10.3. The third kappa shape index (κ3) is 5.62. The van der Waals surface area contributed by atoms with Crippen LogP contribution in [-0.2, 0) is 6.54 Å². The Morgan fingerprint density at radius 1 is 1.07 bits per heavy atom. The molecule has 4 rings (SSSR count). The molecule has 160 valence electrons. The van der Waals surface area contributed by atoms with Crippen molar-refractivity contribution in [2.24, 2.45) is 4.99 Å². The second-order valence-electron chi connectivity index (χ2n) is 8.91. The monoisotopic (exact) mass is 398 g/mol. The van der Waals surface area contributed by atoms with Gasteiger partial charge in [0.05, 0.1) is 0 Å². The number of guanidine groups is 1. The molecule has 1 aliphatic carbocycles. The maximum atomic E-state index is 4.63. The number of pyridine rings is 1. The number of nitrogens with one attached hydrogen (secondary N) is 2. The Morgan fingerprint density at radius 3 is 2.62 bits per heavy atom. The van der Waals surface area contributed by atoms with Crippen LogP contribution in [0.4, 0.5) is 5.82 Å². The maximum Gasteiger partial charge on any atom is 0.191 e. The number of hydrogen-bond donors (Lipinski definition) is 2. The molecule has 6 nitrogen and oxygen atoms in total. The van der Waals surface area contributed by atoms with Crippen molar-refractivity contribution in [1.82, 2.24) is 20.5 Å². The fourth-order valence-electron chi connectivity index (χ4n) is 5.12. The Bertz CT molecular complexity index is 661. The number of rotatable bonds is 5. The van der Waals surface area contributed by atoms with Gasteiger partial charge in [-0.05, 0) is 49.8 Å². The fraction of sp³-hybridized carbons (Fsp3) is 0.739. The minimum absolute atomic E-state index is 0.506. The Kier molecular flexibility index (Phi) is 7.25. The third-order valence-electron chi connectivity index (χ3n) is 6.83. The number of hydrogen-bond acceptors (Lipinski definition) is 4.